The third kappa shape index (κ3) is 4.26. The highest BCUT2D eigenvalue weighted by molar-refractivity contribution is 5.96. The minimum Gasteiger partial charge on any atom is -0.497 e. The van der Waals surface area contributed by atoms with Crippen LogP contribution in [0.15, 0.2) is 48.5 Å². The molecule has 0 saturated heterocycles. The van der Waals surface area contributed by atoms with E-state index in [1.165, 1.54) is 0 Å². The topological polar surface area (TPSA) is 88.5 Å². The van der Waals surface area contributed by atoms with Crippen LogP contribution in [0.25, 0.3) is 11.0 Å². The molecule has 2 aromatic carbocycles. The Morgan fingerprint density at radius 1 is 1.12 bits per heavy atom. The van der Waals surface area contributed by atoms with Crippen LogP contribution in [0.5, 0.6) is 5.75 Å². The first-order valence-electron chi connectivity index (χ1n) is 11.0. The molecule has 2 N–H and O–H groups in total. The molecule has 0 aliphatic carbocycles. The monoisotopic (exact) mass is 435 g/mol. The Kier molecular flexibility index (Phi) is 6.30. The smallest absolute Gasteiger partial charge is 0.324 e. The molecule has 0 radical (unpaired) electrons. The largest absolute Gasteiger partial charge is 0.497 e. The minimum absolute atomic E-state index is 0.0174. The van der Waals surface area contributed by atoms with Gasteiger partial charge >= 0.3 is 6.03 Å². The molecule has 0 fully saturated rings. The Morgan fingerprint density at radius 2 is 1.88 bits per heavy atom. The van der Waals surface area contributed by atoms with E-state index in [1.54, 1.807) is 12.0 Å². The molecule has 32 heavy (non-hydrogen) atoms. The fourth-order valence-electron chi connectivity index (χ4n) is 3.94. The van der Waals surface area contributed by atoms with Crippen molar-refractivity contribution in [2.75, 3.05) is 18.6 Å². The number of rotatable bonds is 7. The van der Waals surface area contributed by atoms with Gasteiger partial charge in [-0.3, -0.25) is 9.69 Å². The molecule has 1 aliphatic heterocycles. The van der Waals surface area contributed by atoms with Gasteiger partial charge in [-0.1, -0.05) is 44.5 Å². The number of nitrogens with zero attached hydrogens (tertiary/aromatic N) is 3. The maximum Gasteiger partial charge on any atom is 0.324 e. The number of imidazole rings is 1. The van der Waals surface area contributed by atoms with Crippen LogP contribution < -0.4 is 20.3 Å². The molecular formula is C24H29N5O3. The van der Waals surface area contributed by atoms with E-state index in [2.05, 4.69) is 15.6 Å². The zero-order valence-electron chi connectivity index (χ0n) is 18.7. The molecule has 4 rings (SSSR count). The molecule has 0 bridgehead atoms. The first-order valence-corrected chi connectivity index (χ1v) is 11.0. The summed E-state index contributed by atoms with van der Waals surface area (Å²) in [6.45, 7) is 5.57. The van der Waals surface area contributed by atoms with Crippen LogP contribution in [-0.2, 0) is 17.9 Å². The van der Waals surface area contributed by atoms with Gasteiger partial charge < -0.3 is 19.9 Å². The van der Waals surface area contributed by atoms with Gasteiger partial charge in [-0.05, 0) is 35.7 Å². The van der Waals surface area contributed by atoms with Crippen LogP contribution >= 0.6 is 0 Å². The Balaban J connectivity index is 1.44. The first kappa shape index (κ1) is 21.7. The van der Waals surface area contributed by atoms with Gasteiger partial charge in [0, 0.05) is 19.6 Å². The summed E-state index contributed by atoms with van der Waals surface area (Å²) in [6.07, 6.45) is 0.763. The lowest BCUT2D eigenvalue weighted by Crippen LogP contribution is -2.53. The lowest BCUT2D eigenvalue weighted by Gasteiger charge is -2.26. The summed E-state index contributed by atoms with van der Waals surface area (Å²) in [5.41, 5.74) is 2.82. The summed E-state index contributed by atoms with van der Waals surface area (Å²) in [6, 6.07) is 14.4. The number of nitrogens with one attached hydrogen (secondary N) is 2. The van der Waals surface area contributed by atoms with E-state index in [0.29, 0.717) is 25.6 Å². The van der Waals surface area contributed by atoms with Gasteiger partial charge in [-0.2, -0.15) is 0 Å². The molecule has 3 amide bonds. The zero-order valence-corrected chi connectivity index (χ0v) is 18.7. The third-order valence-corrected chi connectivity index (χ3v) is 6.07. The molecule has 2 atom stereocenters. The Morgan fingerprint density at radius 3 is 2.59 bits per heavy atom. The number of anilines is 1. The first-order chi connectivity index (χ1) is 15.5. The zero-order chi connectivity index (χ0) is 22.7. The second kappa shape index (κ2) is 9.30. The summed E-state index contributed by atoms with van der Waals surface area (Å²) >= 11 is 0. The van der Waals surface area contributed by atoms with E-state index in [9.17, 15) is 9.59 Å². The molecule has 8 nitrogen and oxygen atoms in total. The van der Waals surface area contributed by atoms with Gasteiger partial charge in [0.05, 0.1) is 18.1 Å². The van der Waals surface area contributed by atoms with Crippen molar-refractivity contribution >= 4 is 28.9 Å². The summed E-state index contributed by atoms with van der Waals surface area (Å²) < 4.78 is 7.21. The number of para-hydroxylation sites is 2. The molecule has 0 saturated carbocycles. The molecule has 1 aromatic heterocycles. The molecule has 0 spiro atoms. The van der Waals surface area contributed by atoms with Crippen LogP contribution in [-0.4, -0.2) is 41.2 Å². The normalized spacial score (nSPS) is 14.7. The number of carbonyl (C=O) groups excluding carboxylic acids is 2. The number of ether oxygens (including phenoxy) is 1. The number of amides is 3. The molecule has 168 valence electrons. The standard InChI is InChI=1S/C24H29N5O3/c1-4-16(2)21(22(30)25-15-17-9-11-18(32-3)12-10-17)27-24(31)29-14-13-28-20-8-6-5-7-19(20)26-23(28)29/h5-12,16,21H,4,13-15H2,1-3H3,(H,25,30)(H,27,31)/t16-,21-/m0/s1. The second-order valence-corrected chi connectivity index (χ2v) is 8.08. The van der Waals surface area contributed by atoms with Gasteiger partial charge in [0.2, 0.25) is 11.9 Å². The number of fused-ring (bicyclic) bond motifs is 3. The maximum atomic E-state index is 13.1. The third-order valence-electron chi connectivity index (χ3n) is 6.07. The number of carbonyl (C=O) groups is 2. The van der Waals surface area contributed by atoms with E-state index < -0.39 is 6.04 Å². The number of methoxy groups -OCH3 is 1. The minimum atomic E-state index is -0.635. The quantitative estimate of drug-likeness (QED) is 0.596. The number of hydrogen-bond acceptors (Lipinski definition) is 4. The van der Waals surface area contributed by atoms with Crippen molar-refractivity contribution in [1.29, 1.82) is 0 Å². The van der Waals surface area contributed by atoms with Crippen LogP contribution in [0.3, 0.4) is 0 Å². The Labute approximate surface area is 187 Å². The number of urea groups is 1. The van der Waals surface area contributed by atoms with E-state index in [-0.39, 0.29) is 17.9 Å². The predicted octanol–water partition coefficient (Wildman–Crippen LogP) is 3.31. The van der Waals surface area contributed by atoms with Crippen LogP contribution in [0.4, 0.5) is 10.7 Å². The van der Waals surface area contributed by atoms with Crippen molar-refractivity contribution in [1.82, 2.24) is 20.2 Å². The number of aromatic nitrogens is 2. The average Bonchev–Trinajstić information content (AvgIpc) is 3.40. The molecule has 2 heterocycles. The SMILES string of the molecule is CC[C@H](C)[C@H](NC(=O)N1CCn2c1nc1ccccc12)C(=O)NCc1ccc(OC)cc1. The van der Waals surface area contributed by atoms with Crippen molar-refractivity contribution in [3.05, 3.63) is 54.1 Å². The highest BCUT2D eigenvalue weighted by atomic mass is 16.5. The molecule has 8 heteroatoms. The molecule has 1 aliphatic rings. The van der Waals surface area contributed by atoms with Gasteiger partial charge in [0.1, 0.15) is 11.8 Å². The number of hydrogen-bond donors (Lipinski definition) is 2. The van der Waals surface area contributed by atoms with Crippen LogP contribution in [0, 0.1) is 5.92 Å². The maximum absolute atomic E-state index is 13.1. The lowest BCUT2D eigenvalue weighted by molar-refractivity contribution is -0.124. The van der Waals surface area contributed by atoms with Crippen molar-refractivity contribution in [3.63, 3.8) is 0 Å². The van der Waals surface area contributed by atoms with E-state index in [1.807, 2.05) is 66.9 Å². The predicted molar refractivity (Wildman–Crippen MR) is 124 cm³/mol. The highest BCUT2D eigenvalue weighted by Crippen LogP contribution is 2.27. The molecular weight excluding hydrogens is 406 g/mol. The summed E-state index contributed by atoms with van der Waals surface area (Å²) in [5, 5.41) is 5.91. The summed E-state index contributed by atoms with van der Waals surface area (Å²) in [7, 11) is 1.62. The summed E-state index contributed by atoms with van der Waals surface area (Å²) in [5.74, 6) is 1.17. The van der Waals surface area contributed by atoms with Crippen molar-refractivity contribution in [2.24, 2.45) is 5.92 Å². The fourth-order valence-corrected chi connectivity index (χ4v) is 3.94. The van der Waals surface area contributed by atoms with Gasteiger partial charge in [-0.25, -0.2) is 9.78 Å². The van der Waals surface area contributed by atoms with E-state index >= 15 is 0 Å². The number of benzene rings is 2. The molecule has 3 aromatic rings. The van der Waals surface area contributed by atoms with E-state index in [4.69, 9.17) is 4.74 Å². The fraction of sp³-hybridized carbons (Fsp3) is 0.375. The van der Waals surface area contributed by atoms with Crippen molar-refractivity contribution in [2.45, 2.75) is 39.4 Å². The van der Waals surface area contributed by atoms with Gasteiger partial charge in [0.25, 0.3) is 0 Å². The van der Waals surface area contributed by atoms with E-state index in [0.717, 1.165) is 28.8 Å². The molecule has 0 unspecified atom stereocenters. The van der Waals surface area contributed by atoms with Crippen molar-refractivity contribution in [3.8, 4) is 5.75 Å². The average molecular weight is 436 g/mol. The van der Waals surface area contributed by atoms with Gasteiger partial charge in [0.15, 0.2) is 0 Å². The van der Waals surface area contributed by atoms with Crippen molar-refractivity contribution < 1.29 is 14.3 Å². The van der Waals surface area contributed by atoms with Crippen LogP contribution in [0.2, 0.25) is 0 Å². The van der Waals surface area contributed by atoms with Gasteiger partial charge in [-0.15, -0.1) is 0 Å². The van der Waals surface area contributed by atoms with Crippen LogP contribution in [0.1, 0.15) is 25.8 Å². The highest BCUT2D eigenvalue weighted by Gasteiger charge is 2.32. The Bertz CT molecular complexity index is 1110. The summed E-state index contributed by atoms with van der Waals surface area (Å²) in [4.78, 5) is 32.4. The Hall–Kier alpha value is -3.55. The second-order valence-electron chi connectivity index (χ2n) is 8.08. The lowest BCUT2D eigenvalue weighted by atomic mass is 9.98.